The summed E-state index contributed by atoms with van der Waals surface area (Å²) >= 11 is 0. The molecule has 0 bridgehead atoms. The number of hydrogen-bond acceptors (Lipinski definition) is 5. The number of hydrogen-bond donors (Lipinski definition) is 2. The predicted octanol–water partition coefficient (Wildman–Crippen LogP) is 1.54. The Hall–Kier alpha value is -2.13. The molecule has 8 nitrogen and oxygen atoms in total. The first-order chi connectivity index (χ1) is 11.8. The lowest BCUT2D eigenvalue weighted by Crippen LogP contribution is -2.44. The number of carboxylic acid groups (broad SMARTS) is 1. The second-order valence-electron chi connectivity index (χ2n) is 5.79. The van der Waals surface area contributed by atoms with Crippen molar-refractivity contribution in [1.29, 1.82) is 0 Å². The Balaban J connectivity index is 2.17. The van der Waals surface area contributed by atoms with Crippen molar-refractivity contribution in [3.05, 3.63) is 23.8 Å². The molecule has 138 valence electrons. The SMILES string of the molecule is CCCS(=O)(=O)N1CCCC1C(=O)Nc1ccc(C(=O)O)c(OC)c1. The summed E-state index contributed by atoms with van der Waals surface area (Å²) in [6.45, 7) is 2.11. The van der Waals surface area contributed by atoms with Gasteiger partial charge in [-0.2, -0.15) is 4.31 Å². The monoisotopic (exact) mass is 370 g/mol. The number of rotatable bonds is 7. The molecule has 1 unspecified atom stereocenters. The largest absolute Gasteiger partial charge is 0.496 e. The van der Waals surface area contributed by atoms with Crippen molar-refractivity contribution in [2.45, 2.75) is 32.2 Å². The molecule has 0 aliphatic carbocycles. The third kappa shape index (κ3) is 4.29. The Morgan fingerprint density at radius 2 is 2.12 bits per heavy atom. The summed E-state index contributed by atoms with van der Waals surface area (Å²) in [5, 5.41) is 11.7. The zero-order valence-corrected chi connectivity index (χ0v) is 15.0. The molecule has 0 saturated carbocycles. The fraction of sp³-hybridized carbons (Fsp3) is 0.500. The van der Waals surface area contributed by atoms with Crippen molar-refractivity contribution in [2.24, 2.45) is 0 Å². The predicted molar refractivity (Wildman–Crippen MR) is 92.4 cm³/mol. The van der Waals surface area contributed by atoms with Gasteiger partial charge in [-0.15, -0.1) is 0 Å². The van der Waals surface area contributed by atoms with Crippen molar-refractivity contribution in [2.75, 3.05) is 24.7 Å². The molecule has 1 atom stereocenters. The third-order valence-electron chi connectivity index (χ3n) is 4.03. The summed E-state index contributed by atoms with van der Waals surface area (Å²) in [6, 6.07) is 3.43. The van der Waals surface area contributed by atoms with E-state index in [1.165, 1.54) is 29.6 Å². The molecule has 1 aromatic rings. The van der Waals surface area contributed by atoms with Crippen molar-refractivity contribution in [3.63, 3.8) is 0 Å². The molecule has 1 saturated heterocycles. The zero-order chi connectivity index (χ0) is 18.6. The lowest BCUT2D eigenvalue weighted by atomic mass is 10.1. The van der Waals surface area contributed by atoms with Crippen LogP contribution < -0.4 is 10.1 Å². The number of anilines is 1. The maximum absolute atomic E-state index is 12.5. The van der Waals surface area contributed by atoms with E-state index < -0.39 is 27.9 Å². The van der Waals surface area contributed by atoms with E-state index >= 15 is 0 Å². The highest BCUT2D eigenvalue weighted by Gasteiger charge is 2.38. The Morgan fingerprint density at radius 3 is 2.72 bits per heavy atom. The first-order valence-electron chi connectivity index (χ1n) is 8.02. The maximum Gasteiger partial charge on any atom is 0.339 e. The number of sulfonamides is 1. The molecule has 0 spiro atoms. The van der Waals surface area contributed by atoms with Gasteiger partial charge in [-0.1, -0.05) is 6.92 Å². The van der Waals surface area contributed by atoms with Crippen LogP contribution in [0, 0.1) is 0 Å². The van der Waals surface area contributed by atoms with E-state index in [9.17, 15) is 18.0 Å². The fourth-order valence-electron chi connectivity index (χ4n) is 2.88. The second-order valence-corrected chi connectivity index (χ2v) is 7.84. The molecule has 0 radical (unpaired) electrons. The number of nitrogens with zero attached hydrogens (tertiary/aromatic N) is 1. The minimum atomic E-state index is -3.46. The second kappa shape index (κ2) is 7.83. The van der Waals surface area contributed by atoms with E-state index in [0.717, 1.165) is 0 Å². The number of benzene rings is 1. The van der Waals surface area contributed by atoms with E-state index in [0.29, 0.717) is 31.5 Å². The Kier molecular flexibility index (Phi) is 6.02. The van der Waals surface area contributed by atoms with Gasteiger partial charge in [0.05, 0.1) is 12.9 Å². The van der Waals surface area contributed by atoms with Crippen LogP contribution in [-0.4, -0.2) is 55.2 Å². The van der Waals surface area contributed by atoms with Gasteiger partial charge in [0, 0.05) is 18.3 Å². The van der Waals surface area contributed by atoms with Crippen LogP contribution in [0.25, 0.3) is 0 Å². The average Bonchev–Trinajstić information content (AvgIpc) is 3.05. The van der Waals surface area contributed by atoms with Crippen molar-refractivity contribution in [3.8, 4) is 5.75 Å². The van der Waals surface area contributed by atoms with Gasteiger partial charge in [-0.25, -0.2) is 13.2 Å². The summed E-state index contributed by atoms with van der Waals surface area (Å²) in [7, 11) is -2.12. The number of ether oxygens (including phenoxy) is 1. The molecule has 2 rings (SSSR count). The van der Waals surface area contributed by atoms with Crippen LogP contribution in [0.5, 0.6) is 5.75 Å². The number of aromatic carboxylic acids is 1. The smallest absolute Gasteiger partial charge is 0.339 e. The highest BCUT2D eigenvalue weighted by Crippen LogP contribution is 2.26. The highest BCUT2D eigenvalue weighted by atomic mass is 32.2. The number of carboxylic acids is 1. The number of nitrogens with one attached hydrogen (secondary N) is 1. The van der Waals surface area contributed by atoms with Crippen LogP contribution in [0.4, 0.5) is 5.69 Å². The molecule has 1 aliphatic heterocycles. The van der Waals surface area contributed by atoms with Crippen molar-refractivity contribution < 1.29 is 27.9 Å². The van der Waals surface area contributed by atoms with E-state index in [-0.39, 0.29) is 17.1 Å². The quantitative estimate of drug-likeness (QED) is 0.753. The Bertz CT molecular complexity index is 762. The van der Waals surface area contributed by atoms with Crippen molar-refractivity contribution in [1.82, 2.24) is 4.31 Å². The summed E-state index contributed by atoms with van der Waals surface area (Å²) in [6.07, 6.45) is 1.57. The molecule has 9 heteroatoms. The molecule has 1 aliphatic rings. The lowest BCUT2D eigenvalue weighted by molar-refractivity contribution is -0.119. The minimum Gasteiger partial charge on any atom is -0.496 e. The normalized spacial score (nSPS) is 18.1. The Morgan fingerprint density at radius 1 is 1.40 bits per heavy atom. The van der Waals surface area contributed by atoms with Crippen molar-refractivity contribution >= 4 is 27.6 Å². The van der Waals surface area contributed by atoms with Crippen LogP contribution in [0.1, 0.15) is 36.5 Å². The van der Waals surface area contributed by atoms with E-state index in [1.54, 1.807) is 6.92 Å². The molecule has 1 amide bonds. The van der Waals surface area contributed by atoms with Gasteiger partial charge in [0.1, 0.15) is 17.4 Å². The van der Waals surface area contributed by atoms with Crippen LogP contribution >= 0.6 is 0 Å². The number of methoxy groups -OCH3 is 1. The van der Waals surface area contributed by atoms with Gasteiger partial charge in [0.2, 0.25) is 15.9 Å². The van der Waals surface area contributed by atoms with E-state index in [4.69, 9.17) is 9.84 Å². The van der Waals surface area contributed by atoms with Gasteiger partial charge in [0.15, 0.2) is 0 Å². The third-order valence-corrected chi connectivity index (χ3v) is 6.10. The van der Waals surface area contributed by atoms with Crippen LogP contribution in [0.15, 0.2) is 18.2 Å². The number of carbonyl (C=O) groups excluding carboxylic acids is 1. The van der Waals surface area contributed by atoms with E-state index in [1.807, 2.05) is 0 Å². The summed E-state index contributed by atoms with van der Waals surface area (Å²) < 4.78 is 30.8. The van der Waals surface area contributed by atoms with Crippen LogP contribution in [0.2, 0.25) is 0 Å². The first-order valence-corrected chi connectivity index (χ1v) is 9.62. The topological polar surface area (TPSA) is 113 Å². The average molecular weight is 370 g/mol. The molecular formula is C16H22N2O6S. The van der Waals surface area contributed by atoms with Crippen LogP contribution in [0.3, 0.4) is 0 Å². The summed E-state index contributed by atoms with van der Waals surface area (Å²) in [5.74, 6) is -1.44. The van der Waals surface area contributed by atoms with E-state index in [2.05, 4.69) is 5.32 Å². The number of carbonyl (C=O) groups is 2. The van der Waals surface area contributed by atoms with Gasteiger partial charge in [-0.05, 0) is 31.4 Å². The molecule has 25 heavy (non-hydrogen) atoms. The highest BCUT2D eigenvalue weighted by molar-refractivity contribution is 7.89. The molecular weight excluding hydrogens is 348 g/mol. The number of amides is 1. The first kappa shape index (κ1) is 19.2. The Labute approximate surface area is 146 Å². The molecule has 1 aromatic carbocycles. The lowest BCUT2D eigenvalue weighted by Gasteiger charge is -2.23. The molecule has 1 fully saturated rings. The standard InChI is InChI=1S/C16H22N2O6S/c1-3-9-25(22,23)18-8-4-5-13(18)15(19)17-11-6-7-12(16(20)21)14(10-11)24-2/h6-7,10,13H,3-5,8-9H2,1-2H3,(H,17,19)(H,20,21). The minimum absolute atomic E-state index is 0.0118. The van der Waals surface area contributed by atoms with Crippen LogP contribution in [-0.2, 0) is 14.8 Å². The van der Waals surface area contributed by atoms with Gasteiger partial charge in [0.25, 0.3) is 0 Å². The molecule has 1 heterocycles. The summed E-state index contributed by atoms with van der Waals surface area (Å²) in [5.41, 5.74) is 0.333. The molecule has 0 aromatic heterocycles. The van der Waals surface area contributed by atoms with Gasteiger partial charge < -0.3 is 15.2 Å². The summed E-state index contributed by atoms with van der Waals surface area (Å²) in [4.78, 5) is 23.6. The van der Waals surface area contributed by atoms with Gasteiger partial charge >= 0.3 is 5.97 Å². The fourth-order valence-corrected chi connectivity index (χ4v) is 4.63. The zero-order valence-electron chi connectivity index (χ0n) is 14.2. The maximum atomic E-state index is 12.5. The van der Waals surface area contributed by atoms with Gasteiger partial charge in [-0.3, -0.25) is 4.79 Å². The molecule has 2 N–H and O–H groups in total.